The topological polar surface area (TPSA) is 64.3 Å². The molecule has 4 nitrogen and oxygen atoms in total. The lowest BCUT2D eigenvalue weighted by molar-refractivity contribution is -0.126. The van der Waals surface area contributed by atoms with E-state index in [0.29, 0.717) is 12.5 Å². The van der Waals surface area contributed by atoms with Gasteiger partial charge in [0.2, 0.25) is 5.91 Å². The number of carbonyl (C=O) groups excluding carboxylic acids is 1. The van der Waals surface area contributed by atoms with E-state index in [1.807, 2.05) is 6.92 Å². The first-order valence-electron chi connectivity index (χ1n) is 6.24. The fourth-order valence-corrected chi connectivity index (χ4v) is 1.99. The van der Waals surface area contributed by atoms with Crippen LogP contribution in [0.3, 0.4) is 0 Å². The van der Waals surface area contributed by atoms with E-state index in [2.05, 4.69) is 12.2 Å². The third-order valence-corrected chi connectivity index (χ3v) is 3.29. The van der Waals surface area contributed by atoms with E-state index in [0.717, 1.165) is 32.4 Å². The Balaban J connectivity index is 2.10. The molecule has 1 aliphatic rings. The van der Waals surface area contributed by atoms with Crippen molar-refractivity contribution in [2.45, 2.75) is 39.2 Å². The molecule has 0 aromatic rings. The lowest BCUT2D eigenvalue weighted by atomic mass is 10.0. The predicted octanol–water partition coefficient (Wildman–Crippen LogP) is 0.903. The van der Waals surface area contributed by atoms with Crippen molar-refractivity contribution in [1.29, 1.82) is 0 Å². The largest absolute Gasteiger partial charge is 0.378 e. The molecule has 1 fully saturated rings. The van der Waals surface area contributed by atoms with Gasteiger partial charge in [-0.2, -0.15) is 0 Å². The standard InChI is InChI=1S/C12H24N2O2/c1-9(8-13)4-3-6-14-12(15)11-5-7-16-10(11)2/h9-11H,3-8,13H2,1-2H3,(H,14,15). The number of ether oxygens (including phenoxy) is 1. The molecule has 1 rings (SSSR count). The highest BCUT2D eigenvalue weighted by molar-refractivity contribution is 5.79. The fraction of sp³-hybridized carbons (Fsp3) is 0.917. The van der Waals surface area contributed by atoms with Crippen LogP contribution in [0.4, 0.5) is 0 Å². The van der Waals surface area contributed by atoms with Crippen molar-refractivity contribution >= 4 is 5.91 Å². The van der Waals surface area contributed by atoms with Gasteiger partial charge in [-0.25, -0.2) is 0 Å². The molecule has 0 saturated carbocycles. The van der Waals surface area contributed by atoms with E-state index in [1.54, 1.807) is 0 Å². The lowest BCUT2D eigenvalue weighted by Gasteiger charge is -2.14. The van der Waals surface area contributed by atoms with Crippen LogP contribution < -0.4 is 11.1 Å². The molecule has 3 unspecified atom stereocenters. The molecule has 0 spiro atoms. The van der Waals surface area contributed by atoms with Crippen LogP contribution >= 0.6 is 0 Å². The van der Waals surface area contributed by atoms with E-state index in [9.17, 15) is 4.79 Å². The molecule has 1 heterocycles. The number of hydrogen-bond donors (Lipinski definition) is 2. The summed E-state index contributed by atoms with van der Waals surface area (Å²) in [7, 11) is 0. The summed E-state index contributed by atoms with van der Waals surface area (Å²) in [6, 6.07) is 0. The quantitative estimate of drug-likeness (QED) is 0.664. The van der Waals surface area contributed by atoms with E-state index in [1.165, 1.54) is 0 Å². The van der Waals surface area contributed by atoms with Crippen LogP contribution in [-0.2, 0) is 9.53 Å². The molecule has 0 aliphatic carbocycles. The zero-order chi connectivity index (χ0) is 12.0. The van der Waals surface area contributed by atoms with E-state index in [-0.39, 0.29) is 17.9 Å². The van der Waals surface area contributed by atoms with Crippen molar-refractivity contribution in [2.24, 2.45) is 17.6 Å². The van der Waals surface area contributed by atoms with Crippen molar-refractivity contribution in [3.8, 4) is 0 Å². The van der Waals surface area contributed by atoms with Gasteiger partial charge in [-0.15, -0.1) is 0 Å². The summed E-state index contributed by atoms with van der Waals surface area (Å²) in [4.78, 5) is 11.8. The van der Waals surface area contributed by atoms with Gasteiger partial charge >= 0.3 is 0 Å². The lowest BCUT2D eigenvalue weighted by Crippen LogP contribution is -2.34. The molecular formula is C12H24N2O2. The van der Waals surface area contributed by atoms with Crippen LogP contribution in [0.2, 0.25) is 0 Å². The second-order valence-electron chi connectivity index (χ2n) is 4.75. The molecule has 1 saturated heterocycles. The summed E-state index contributed by atoms with van der Waals surface area (Å²) >= 11 is 0. The zero-order valence-corrected chi connectivity index (χ0v) is 10.4. The molecular weight excluding hydrogens is 204 g/mol. The predicted molar refractivity (Wildman–Crippen MR) is 64.0 cm³/mol. The molecule has 94 valence electrons. The maximum Gasteiger partial charge on any atom is 0.225 e. The maximum atomic E-state index is 11.8. The molecule has 3 atom stereocenters. The summed E-state index contributed by atoms with van der Waals surface area (Å²) in [5.41, 5.74) is 5.53. The van der Waals surface area contributed by atoms with Crippen molar-refractivity contribution in [3.63, 3.8) is 0 Å². The average molecular weight is 228 g/mol. The molecule has 1 amide bonds. The monoisotopic (exact) mass is 228 g/mol. The van der Waals surface area contributed by atoms with Gasteiger partial charge in [0.25, 0.3) is 0 Å². The smallest absolute Gasteiger partial charge is 0.225 e. The van der Waals surface area contributed by atoms with Gasteiger partial charge < -0.3 is 15.8 Å². The minimum Gasteiger partial charge on any atom is -0.378 e. The number of amides is 1. The molecule has 4 heteroatoms. The molecule has 0 aromatic heterocycles. The van der Waals surface area contributed by atoms with E-state index >= 15 is 0 Å². The van der Waals surface area contributed by atoms with Gasteiger partial charge in [0.15, 0.2) is 0 Å². The third-order valence-electron chi connectivity index (χ3n) is 3.29. The average Bonchev–Trinajstić information content (AvgIpc) is 2.70. The van der Waals surface area contributed by atoms with Gasteiger partial charge in [0, 0.05) is 13.2 Å². The number of nitrogens with one attached hydrogen (secondary N) is 1. The minimum atomic E-state index is 0.0481. The molecule has 0 bridgehead atoms. The Hall–Kier alpha value is -0.610. The molecule has 3 N–H and O–H groups in total. The molecule has 0 radical (unpaired) electrons. The van der Waals surface area contributed by atoms with Crippen LogP contribution in [0.1, 0.15) is 33.1 Å². The van der Waals surface area contributed by atoms with Crippen LogP contribution in [0.15, 0.2) is 0 Å². The first kappa shape index (κ1) is 13.5. The summed E-state index contributed by atoms with van der Waals surface area (Å²) in [6.07, 6.45) is 3.01. The normalized spacial score (nSPS) is 26.7. The van der Waals surface area contributed by atoms with Crippen LogP contribution in [-0.4, -0.2) is 31.7 Å². The number of hydrogen-bond acceptors (Lipinski definition) is 3. The Kier molecular flexibility index (Phi) is 5.77. The SMILES string of the molecule is CC(CN)CCCNC(=O)C1CCOC1C. The van der Waals surface area contributed by atoms with Gasteiger partial charge in [-0.05, 0) is 38.6 Å². The first-order chi connectivity index (χ1) is 7.65. The number of rotatable bonds is 6. The fourth-order valence-electron chi connectivity index (χ4n) is 1.99. The Morgan fingerprint density at radius 2 is 2.38 bits per heavy atom. The Bertz CT molecular complexity index is 221. The highest BCUT2D eigenvalue weighted by Crippen LogP contribution is 2.20. The summed E-state index contributed by atoms with van der Waals surface area (Å²) in [5, 5.41) is 2.97. The van der Waals surface area contributed by atoms with E-state index in [4.69, 9.17) is 10.5 Å². The number of carbonyl (C=O) groups is 1. The minimum absolute atomic E-state index is 0.0481. The molecule has 0 aromatic carbocycles. The van der Waals surface area contributed by atoms with Crippen molar-refractivity contribution < 1.29 is 9.53 Å². The van der Waals surface area contributed by atoms with Crippen molar-refractivity contribution in [1.82, 2.24) is 5.32 Å². The first-order valence-corrected chi connectivity index (χ1v) is 6.24. The van der Waals surface area contributed by atoms with E-state index < -0.39 is 0 Å². The molecule has 1 aliphatic heterocycles. The van der Waals surface area contributed by atoms with Crippen molar-refractivity contribution in [2.75, 3.05) is 19.7 Å². The number of nitrogens with two attached hydrogens (primary N) is 1. The zero-order valence-electron chi connectivity index (χ0n) is 10.4. The van der Waals surface area contributed by atoms with Crippen molar-refractivity contribution in [3.05, 3.63) is 0 Å². The summed E-state index contributed by atoms with van der Waals surface area (Å²) < 4.78 is 5.37. The van der Waals surface area contributed by atoms with Gasteiger partial charge in [0.1, 0.15) is 0 Å². The second kappa shape index (κ2) is 6.86. The van der Waals surface area contributed by atoms with Gasteiger partial charge in [-0.3, -0.25) is 4.79 Å². The summed E-state index contributed by atoms with van der Waals surface area (Å²) in [5.74, 6) is 0.739. The molecule has 16 heavy (non-hydrogen) atoms. The third kappa shape index (κ3) is 4.10. The summed E-state index contributed by atoms with van der Waals surface area (Å²) in [6.45, 7) is 6.29. The van der Waals surface area contributed by atoms with Gasteiger partial charge in [-0.1, -0.05) is 6.92 Å². The highest BCUT2D eigenvalue weighted by atomic mass is 16.5. The maximum absolute atomic E-state index is 11.8. The van der Waals surface area contributed by atoms with Gasteiger partial charge in [0.05, 0.1) is 12.0 Å². The van der Waals surface area contributed by atoms with Crippen LogP contribution in [0.5, 0.6) is 0 Å². The Morgan fingerprint density at radius 3 is 2.94 bits per heavy atom. The Labute approximate surface area is 97.9 Å². The van der Waals surface area contributed by atoms with Crippen LogP contribution in [0, 0.1) is 11.8 Å². The van der Waals surface area contributed by atoms with Crippen LogP contribution in [0.25, 0.3) is 0 Å². The highest BCUT2D eigenvalue weighted by Gasteiger charge is 2.30. The second-order valence-corrected chi connectivity index (χ2v) is 4.75. The Morgan fingerprint density at radius 1 is 1.62 bits per heavy atom.